The van der Waals surface area contributed by atoms with Crippen molar-refractivity contribution in [1.29, 1.82) is 0 Å². The smallest absolute Gasteiger partial charge is 0.0901 e. The maximum Gasteiger partial charge on any atom is 0.0901 e. The highest BCUT2D eigenvalue weighted by molar-refractivity contribution is 6.31. The molecule has 0 amide bonds. The molecule has 3 N–H and O–H groups in total. The second-order valence-electron chi connectivity index (χ2n) is 6.93. The Balaban J connectivity index is 1.38. The molecule has 0 saturated carbocycles. The van der Waals surface area contributed by atoms with Crippen molar-refractivity contribution in [1.82, 2.24) is 14.8 Å². The lowest BCUT2D eigenvalue weighted by Crippen LogP contribution is -2.23. The molecular weight excluding hydrogens is 437 g/mol. The summed E-state index contributed by atoms with van der Waals surface area (Å²) in [5.41, 5.74) is 1.22. The van der Waals surface area contributed by atoms with Gasteiger partial charge in [-0.15, -0.1) is 0 Å². The molecule has 0 aliphatic rings. The first kappa shape index (κ1) is 21.2. The van der Waals surface area contributed by atoms with Crippen LogP contribution in [0.15, 0.2) is 70.9 Å². The van der Waals surface area contributed by atoms with Crippen LogP contribution < -0.4 is 16.0 Å². The molecule has 7 nitrogen and oxygen atoms in total. The van der Waals surface area contributed by atoms with Gasteiger partial charge in [0.05, 0.1) is 34.8 Å². The van der Waals surface area contributed by atoms with Gasteiger partial charge in [-0.1, -0.05) is 23.2 Å². The Kier molecular flexibility index (Phi) is 6.46. The third kappa shape index (κ3) is 4.85. The highest BCUT2D eigenvalue weighted by atomic mass is 35.5. The molecular formula is C22H21Cl2N5O2. The van der Waals surface area contributed by atoms with Gasteiger partial charge in [0.2, 0.25) is 0 Å². The van der Waals surface area contributed by atoms with E-state index in [1.54, 1.807) is 48.8 Å². The summed E-state index contributed by atoms with van der Waals surface area (Å²) in [4.78, 5) is 9.23. The number of nitrogens with zero attached hydrogens (tertiary/aromatic N) is 4. The van der Waals surface area contributed by atoms with E-state index in [4.69, 9.17) is 23.2 Å². The van der Waals surface area contributed by atoms with Crippen molar-refractivity contribution in [2.75, 3.05) is 26.2 Å². The second kappa shape index (κ2) is 9.43. The fourth-order valence-electron chi connectivity index (χ4n) is 3.36. The van der Waals surface area contributed by atoms with Crippen LogP contribution in [0.3, 0.4) is 0 Å². The standard InChI is InChI=1S/C22H21Cl2N5O2/c23-15-1-3-17-19(5-11-28(30)21(17)13-15)26-9-7-25-8-10-27-20-6-12-29(31)22-14-16(24)2-4-18(20)22/h1-6,11-14,25,30-31H,7-10H2. The fraction of sp³-hybridized carbons (Fsp3) is 0.182. The summed E-state index contributed by atoms with van der Waals surface area (Å²) >= 11 is 12.0. The van der Waals surface area contributed by atoms with Gasteiger partial charge in [0.1, 0.15) is 0 Å². The first-order chi connectivity index (χ1) is 15.0. The first-order valence-corrected chi connectivity index (χ1v) is 10.5. The molecule has 0 aliphatic carbocycles. The van der Waals surface area contributed by atoms with Crippen molar-refractivity contribution < 1.29 is 10.4 Å². The minimum absolute atomic E-state index is 0.556. The van der Waals surface area contributed by atoms with Crippen molar-refractivity contribution in [3.05, 3.63) is 81.7 Å². The van der Waals surface area contributed by atoms with Gasteiger partial charge in [-0.3, -0.25) is 9.98 Å². The quantitative estimate of drug-likeness (QED) is 0.306. The Morgan fingerprint density at radius 1 is 0.710 bits per heavy atom. The summed E-state index contributed by atoms with van der Waals surface area (Å²) < 4.78 is 2.08. The average Bonchev–Trinajstić information content (AvgIpc) is 2.76. The molecule has 0 bridgehead atoms. The van der Waals surface area contributed by atoms with Crippen LogP contribution in [0.4, 0.5) is 0 Å². The van der Waals surface area contributed by atoms with Crippen LogP contribution >= 0.6 is 23.2 Å². The van der Waals surface area contributed by atoms with E-state index in [9.17, 15) is 10.4 Å². The van der Waals surface area contributed by atoms with E-state index in [-0.39, 0.29) is 0 Å². The van der Waals surface area contributed by atoms with Crippen LogP contribution in [-0.2, 0) is 0 Å². The number of halogens is 2. The van der Waals surface area contributed by atoms with E-state index >= 15 is 0 Å². The monoisotopic (exact) mass is 457 g/mol. The number of fused-ring (bicyclic) bond motifs is 2. The zero-order chi connectivity index (χ0) is 21.8. The van der Waals surface area contributed by atoms with Crippen molar-refractivity contribution in [2.24, 2.45) is 9.98 Å². The number of hydrogen-bond donors (Lipinski definition) is 3. The number of benzene rings is 2. The summed E-state index contributed by atoms with van der Waals surface area (Å²) in [5, 5.41) is 27.6. The molecule has 0 unspecified atom stereocenters. The van der Waals surface area contributed by atoms with E-state index in [1.807, 2.05) is 12.1 Å². The summed E-state index contributed by atoms with van der Waals surface area (Å²) in [7, 11) is 0. The molecule has 4 rings (SSSR count). The maximum absolute atomic E-state index is 9.95. The van der Waals surface area contributed by atoms with Gasteiger partial charge in [-0.2, -0.15) is 9.46 Å². The molecule has 2 heterocycles. The summed E-state index contributed by atoms with van der Waals surface area (Å²) in [6.07, 6.45) is 3.11. The topological polar surface area (TPSA) is 87.1 Å². The Morgan fingerprint density at radius 3 is 1.61 bits per heavy atom. The molecule has 2 aromatic carbocycles. The van der Waals surface area contributed by atoms with Gasteiger partial charge in [-0.05, 0) is 48.5 Å². The van der Waals surface area contributed by atoms with Gasteiger partial charge < -0.3 is 15.7 Å². The largest absolute Gasteiger partial charge is 0.428 e. The predicted molar refractivity (Wildman–Crippen MR) is 122 cm³/mol. The lowest BCUT2D eigenvalue weighted by Gasteiger charge is -2.06. The molecule has 31 heavy (non-hydrogen) atoms. The normalized spacial score (nSPS) is 12.8. The van der Waals surface area contributed by atoms with Crippen molar-refractivity contribution >= 4 is 45.0 Å². The SMILES string of the molecule is On1ccc(=NCCNCCN=c2ccn(O)c3cc(Cl)ccc23)c2ccc(Cl)cc21. The lowest BCUT2D eigenvalue weighted by atomic mass is 10.2. The van der Waals surface area contributed by atoms with Gasteiger partial charge in [0.25, 0.3) is 0 Å². The van der Waals surface area contributed by atoms with Crippen molar-refractivity contribution in [3.8, 4) is 0 Å². The van der Waals surface area contributed by atoms with Gasteiger partial charge in [-0.25, -0.2) is 0 Å². The average molecular weight is 458 g/mol. The fourth-order valence-corrected chi connectivity index (χ4v) is 3.69. The van der Waals surface area contributed by atoms with Crippen LogP contribution in [0.1, 0.15) is 0 Å². The molecule has 9 heteroatoms. The molecule has 0 spiro atoms. The zero-order valence-corrected chi connectivity index (χ0v) is 18.1. The third-order valence-electron chi connectivity index (χ3n) is 4.85. The molecule has 2 aromatic heterocycles. The van der Waals surface area contributed by atoms with Crippen molar-refractivity contribution in [3.63, 3.8) is 0 Å². The Hall–Kier alpha value is -3.00. The number of aromatic nitrogens is 2. The first-order valence-electron chi connectivity index (χ1n) is 9.75. The van der Waals surface area contributed by atoms with E-state index in [0.29, 0.717) is 47.3 Å². The van der Waals surface area contributed by atoms with Gasteiger partial charge in [0, 0.05) is 46.3 Å². The summed E-state index contributed by atoms with van der Waals surface area (Å²) in [5.74, 6) is 0. The second-order valence-corrected chi connectivity index (χ2v) is 7.80. The lowest BCUT2D eigenvalue weighted by molar-refractivity contribution is 0.197. The Bertz CT molecular complexity index is 1270. The van der Waals surface area contributed by atoms with E-state index in [0.717, 1.165) is 30.9 Å². The Labute approximate surface area is 188 Å². The van der Waals surface area contributed by atoms with Crippen LogP contribution in [-0.4, -0.2) is 46.1 Å². The van der Waals surface area contributed by atoms with Crippen molar-refractivity contribution in [2.45, 2.75) is 0 Å². The van der Waals surface area contributed by atoms with Crippen LogP contribution in [0.2, 0.25) is 10.0 Å². The zero-order valence-electron chi connectivity index (χ0n) is 16.5. The molecule has 0 fully saturated rings. The van der Waals surface area contributed by atoms with E-state index < -0.39 is 0 Å². The highest BCUT2D eigenvalue weighted by Gasteiger charge is 2.02. The van der Waals surface area contributed by atoms with E-state index in [2.05, 4.69) is 15.3 Å². The molecule has 0 saturated heterocycles. The summed E-state index contributed by atoms with van der Waals surface area (Å²) in [6, 6.07) is 14.2. The minimum atomic E-state index is 0.556. The highest BCUT2D eigenvalue weighted by Crippen LogP contribution is 2.16. The van der Waals surface area contributed by atoms with Crippen LogP contribution in [0, 0.1) is 0 Å². The van der Waals surface area contributed by atoms with Gasteiger partial charge in [0.15, 0.2) is 0 Å². The Morgan fingerprint density at radius 2 is 1.16 bits per heavy atom. The molecule has 160 valence electrons. The number of rotatable bonds is 6. The van der Waals surface area contributed by atoms with Gasteiger partial charge >= 0.3 is 0 Å². The number of hydrogen-bond acceptors (Lipinski definition) is 5. The van der Waals surface area contributed by atoms with Crippen LogP contribution in [0.5, 0.6) is 0 Å². The molecule has 0 aliphatic heterocycles. The van der Waals surface area contributed by atoms with E-state index in [1.165, 1.54) is 0 Å². The number of pyridine rings is 2. The number of nitrogens with one attached hydrogen (secondary N) is 1. The molecule has 4 aromatic rings. The maximum atomic E-state index is 9.95. The predicted octanol–water partition coefficient (Wildman–Crippen LogP) is 3.47. The minimum Gasteiger partial charge on any atom is -0.428 e. The third-order valence-corrected chi connectivity index (χ3v) is 5.32. The van der Waals surface area contributed by atoms with Crippen LogP contribution in [0.25, 0.3) is 21.8 Å². The molecule has 0 atom stereocenters. The molecule has 0 radical (unpaired) electrons. The summed E-state index contributed by atoms with van der Waals surface area (Å²) in [6.45, 7) is 2.57.